The molecule has 0 radical (unpaired) electrons. The largest absolute Gasteiger partial charge is 0.326 e. The molecule has 1 N–H and O–H groups in total. The lowest BCUT2D eigenvalue weighted by atomic mass is 10.0. The van der Waals surface area contributed by atoms with Crippen molar-refractivity contribution in [3.63, 3.8) is 0 Å². The average molecular weight is 351 g/mol. The summed E-state index contributed by atoms with van der Waals surface area (Å²) in [5.74, 6) is -0.0883. The second-order valence-corrected chi connectivity index (χ2v) is 6.59. The van der Waals surface area contributed by atoms with Crippen molar-refractivity contribution in [2.75, 3.05) is 26.0 Å². The molecular weight excluding hydrogens is 330 g/mol. The van der Waals surface area contributed by atoms with Crippen LogP contribution in [-0.4, -0.2) is 36.4 Å². The van der Waals surface area contributed by atoms with Gasteiger partial charge in [-0.3, -0.25) is 14.9 Å². The van der Waals surface area contributed by atoms with E-state index in [9.17, 15) is 14.9 Å². The fourth-order valence-electron chi connectivity index (χ4n) is 3.09. The van der Waals surface area contributed by atoms with Crippen LogP contribution in [-0.2, 0) is 4.79 Å². The van der Waals surface area contributed by atoms with Crippen LogP contribution in [0, 0.1) is 10.1 Å². The molecule has 0 aliphatic carbocycles. The third kappa shape index (κ3) is 3.81. The normalized spacial score (nSPS) is 11.2. The molecule has 0 fully saturated rings. The number of nitro groups is 1. The highest BCUT2D eigenvalue weighted by molar-refractivity contribution is 6.09. The number of hydrogen-bond donors (Lipinski definition) is 1. The van der Waals surface area contributed by atoms with E-state index in [0.29, 0.717) is 22.9 Å². The Balaban J connectivity index is 1.95. The number of nitro benzene ring substituents is 1. The molecule has 6 heteroatoms. The number of nitrogens with zero attached hydrogens (tertiary/aromatic N) is 2. The summed E-state index contributed by atoms with van der Waals surface area (Å²) in [6.07, 6.45) is 1.17. The number of benzene rings is 3. The van der Waals surface area contributed by atoms with E-state index in [1.165, 1.54) is 0 Å². The van der Waals surface area contributed by atoms with E-state index in [0.717, 1.165) is 23.7 Å². The standard InChI is InChI=1S/C20H21N3O3/c1-22(2)11-5-8-19(24)21-16-10-9-15-12-14-6-3-4-7-17(14)20(23(25)26)18(15)13-16/h3-4,6-7,9-10,12-13H,5,8,11H2,1-2H3,(H,21,24). The van der Waals surface area contributed by atoms with Gasteiger partial charge in [0.15, 0.2) is 0 Å². The first-order valence-corrected chi connectivity index (χ1v) is 8.50. The number of carbonyl (C=O) groups is 1. The first-order valence-electron chi connectivity index (χ1n) is 8.50. The Labute approximate surface area is 151 Å². The molecule has 0 aliphatic heterocycles. The average Bonchev–Trinajstić information content (AvgIpc) is 2.59. The number of amides is 1. The van der Waals surface area contributed by atoms with Gasteiger partial charge in [-0.1, -0.05) is 24.3 Å². The molecule has 0 aliphatic rings. The van der Waals surface area contributed by atoms with E-state index in [1.54, 1.807) is 24.3 Å². The van der Waals surface area contributed by atoms with Gasteiger partial charge in [0.1, 0.15) is 0 Å². The molecule has 6 nitrogen and oxygen atoms in total. The molecule has 134 valence electrons. The van der Waals surface area contributed by atoms with Gasteiger partial charge in [0.2, 0.25) is 5.91 Å². The van der Waals surface area contributed by atoms with E-state index in [1.807, 2.05) is 43.3 Å². The summed E-state index contributed by atoms with van der Waals surface area (Å²) in [5, 5.41) is 17.3. The Morgan fingerprint density at radius 2 is 1.81 bits per heavy atom. The highest BCUT2D eigenvalue weighted by Gasteiger charge is 2.18. The summed E-state index contributed by atoms with van der Waals surface area (Å²) in [6, 6.07) is 14.5. The second-order valence-electron chi connectivity index (χ2n) is 6.59. The highest BCUT2D eigenvalue weighted by atomic mass is 16.6. The predicted molar refractivity (Wildman–Crippen MR) is 105 cm³/mol. The second kappa shape index (κ2) is 7.49. The van der Waals surface area contributed by atoms with E-state index >= 15 is 0 Å². The van der Waals surface area contributed by atoms with Crippen LogP contribution in [0.3, 0.4) is 0 Å². The van der Waals surface area contributed by atoms with Crippen molar-refractivity contribution in [3.05, 3.63) is 58.6 Å². The monoisotopic (exact) mass is 351 g/mol. The summed E-state index contributed by atoms with van der Waals surface area (Å²) in [7, 11) is 3.93. The molecule has 3 aromatic rings. The summed E-state index contributed by atoms with van der Waals surface area (Å²) in [4.78, 5) is 25.5. The topological polar surface area (TPSA) is 75.5 Å². The zero-order valence-corrected chi connectivity index (χ0v) is 14.9. The molecule has 0 heterocycles. The summed E-state index contributed by atoms with van der Waals surface area (Å²) in [6.45, 7) is 0.836. The van der Waals surface area contributed by atoms with Crippen molar-refractivity contribution in [3.8, 4) is 0 Å². The van der Waals surface area contributed by atoms with Gasteiger partial charge in [-0.05, 0) is 62.1 Å². The molecule has 0 bridgehead atoms. The summed E-state index contributed by atoms with van der Waals surface area (Å²) >= 11 is 0. The number of non-ortho nitro benzene ring substituents is 1. The van der Waals surface area contributed by atoms with Gasteiger partial charge in [-0.15, -0.1) is 0 Å². The van der Waals surface area contributed by atoms with Gasteiger partial charge in [-0.25, -0.2) is 0 Å². The lowest BCUT2D eigenvalue weighted by molar-refractivity contribution is -0.381. The van der Waals surface area contributed by atoms with Gasteiger partial charge in [0.25, 0.3) is 5.69 Å². The van der Waals surface area contributed by atoms with Gasteiger partial charge in [0, 0.05) is 12.1 Å². The van der Waals surface area contributed by atoms with Crippen molar-refractivity contribution >= 4 is 38.8 Å². The van der Waals surface area contributed by atoms with Crippen LogP contribution in [0.5, 0.6) is 0 Å². The van der Waals surface area contributed by atoms with Crippen LogP contribution in [0.2, 0.25) is 0 Å². The minimum Gasteiger partial charge on any atom is -0.326 e. The molecule has 0 unspecified atom stereocenters. The van der Waals surface area contributed by atoms with Gasteiger partial charge in [0.05, 0.1) is 15.7 Å². The minimum atomic E-state index is -0.354. The first-order chi connectivity index (χ1) is 12.5. The van der Waals surface area contributed by atoms with E-state index in [-0.39, 0.29) is 16.5 Å². The molecule has 1 amide bonds. The maximum atomic E-state index is 12.1. The minimum absolute atomic E-state index is 0.0711. The number of hydrogen-bond acceptors (Lipinski definition) is 4. The molecule has 26 heavy (non-hydrogen) atoms. The third-order valence-corrected chi connectivity index (χ3v) is 4.31. The quantitative estimate of drug-likeness (QED) is 0.411. The first kappa shape index (κ1) is 17.8. The lowest BCUT2D eigenvalue weighted by Crippen LogP contribution is -2.17. The zero-order valence-electron chi connectivity index (χ0n) is 14.9. The Morgan fingerprint density at radius 1 is 1.08 bits per heavy atom. The lowest BCUT2D eigenvalue weighted by Gasteiger charge is -2.10. The summed E-state index contributed by atoms with van der Waals surface area (Å²) in [5.41, 5.74) is 0.646. The van der Waals surface area contributed by atoms with Gasteiger partial charge >= 0.3 is 0 Å². The Kier molecular flexibility index (Phi) is 5.14. The predicted octanol–water partition coefficient (Wildman–Crippen LogP) is 4.18. The number of fused-ring (bicyclic) bond motifs is 2. The van der Waals surface area contributed by atoms with Gasteiger partial charge < -0.3 is 10.2 Å². The van der Waals surface area contributed by atoms with Crippen LogP contribution in [0.15, 0.2) is 48.5 Å². The Bertz CT molecular complexity index is 983. The fraction of sp³-hybridized carbons (Fsp3) is 0.250. The third-order valence-electron chi connectivity index (χ3n) is 4.31. The zero-order chi connectivity index (χ0) is 18.7. The molecule has 0 aromatic heterocycles. The number of carbonyl (C=O) groups excluding carboxylic acids is 1. The molecule has 0 saturated heterocycles. The van der Waals surface area contributed by atoms with Crippen LogP contribution < -0.4 is 5.32 Å². The van der Waals surface area contributed by atoms with Crippen molar-refractivity contribution in [1.82, 2.24) is 4.90 Å². The molecule has 3 rings (SSSR count). The molecular formula is C20H21N3O3. The summed E-state index contributed by atoms with van der Waals surface area (Å²) < 4.78 is 0. The van der Waals surface area contributed by atoms with E-state index in [4.69, 9.17) is 0 Å². The molecule has 3 aromatic carbocycles. The molecule has 0 spiro atoms. The van der Waals surface area contributed by atoms with Crippen molar-refractivity contribution in [1.29, 1.82) is 0 Å². The smallest absolute Gasteiger partial charge is 0.285 e. The number of anilines is 1. The maximum Gasteiger partial charge on any atom is 0.285 e. The van der Waals surface area contributed by atoms with Crippen LogP contribution in [0.25, 0.3) is 21.5 Å². The fourth-order valence-corrected chi connectivity index (χ4v) is 3.09. The van der Waals surface area contributed by atoms with E-state index < -0.39 is 0 Å². The van der Waals surface area contributed by atoms with Crippen LogP contribution in [0.4, 0.5) is 11.4 Å². The van der Waals surface area contributed by atoms with Crippen molar-refractivity contribution in [2.45, 2.75) is 12.8 Å². The van der Waals surface area contributed by atoms with Gasteiger partial charge in [-0.2, -0.15) is 0 Å². The Morgan fingerprint density at radius 3 is 2.54 bits per heavy atom. The van der Waals surface area contributed by atoms with E-state index in [2.05, 4.69) is 5.32 Å². The number of rotatable bonds is 6. The Hall–Kier alpha value is -2.99. The SMILES string of the molecule is CN(C)CCCC(=O)Nc1ccc2cc3ccccc3c([N+](=O)[O-])c2c1. The maximum absolute atomic E-state index is 12.1. The molecule has 0 atom stereocenters. The van der Waals surface area contributed by atoms with Crippen molar-refractivity contribution < 1.29 is 9.72 Å². The van der Waals surface area contributed by atoms with Crippen LogP contribution >= 0.6 is 0 Å². The van der Waals surface area contributed by atoms with Crippen LogP contribution in [0.1, 0.15) is 12.8 Å². The van der Waals surface area contributed by atoms with Crippen molar-refractivity contribution in [2.24, 2.45) is 0 Å². The highest BCUT2D eigenvalue weighted by Crippen LogP contribution is 2.35. The number of nitrogens with one attached hydrogen (secondary N) is 1. The molecule has 0 saturated carbocycles.